The number of rotatable bonds is 10. The first-order chi connectivity index (χ1) is 17.9. The SMILES string of the molecule is Cc1cc(OCC(=O)N(Cc2cccc(Cl)c2)[C@@H](Cc2ccccc2)C(=O)NC2CCCC2)ccc1Br. The summed E-state index contributed by atoms with van der Waals surface area (Å²) in [6, 6.07) is 22.3. The molecule has 1 N–H and O–H groups in total. The van der Waals surface area contributed by atoms with Crippen molar-refractivity contribution in [2.24, 2.45) is 0 Å². The van der Waals surface area contributed by atoms with Crippen LogP contribution in [0.3, 0.4) is 0 Å². The van der Waals surface area contributed by atoms with Gasteiger partial charge in [-0.2, -0.15) is 0 Å². The van der Waals surface area contributed by atoms with Gasteiger partial charge in [0.25, 0.3) is 5.91 Å². The third kappa shape index (κ3) is 7.83. The predicted molar refractivity (Wildman–Crippen MR) is 151 cm³/mol. The van der Waals surface area contributed by atoms with Gasteiger partial charge in [-0.3, -0.25) is 9.59 Å². The number of nitrogens with one attached hydrogen (secondary N) is 1. The lowest BCUT2D eigenvalue weighted by Gasteiger charge is -2.32. The Morgan fingerprint density at radius 1 is 1.03 bits per heavy atom. The Morgan fingerprint density at radius 3 is 2.46 bits per heavy atom. The Kier molecular flexibility index (Phi) is 9.64. The smallest absolute Gasteiger partial charge is 0.261 e. The molecule has 3 aromatic carbocycles. The van der Waals surface area contributed by atoms with Gasteiger partial charge in [0.15, 0.2) is 6.61 Å². The molecule has 0 aliphatic heterocycles. The Bertz CT molecular complexity index is 1210. The first-order valence-electron chi connectivity index (χ1n) is 12.7. The first kappa shape index (κ1) is 27.2. The average molecular weight is 584 g/mol. The van der Waals surface area contributed by atoms with Crippen LogP contribution in [0.15, 0.2) is 77.3 Å². The molecule has 1 aliphatic carbocycles. The van der Waals surface area contributed by atoms with Crippen molar-refractivity contribution in [1.29, 1.82) is 0 Å². The van der Waals surface area contributed by atoms with E-state index in [0.717, 1.165) is 46.8 Å². The summed E-state index contributed by atoms with van der Waals surface area (Å²) in [5.41, 5.74) is 2.85. The van der Waals surface area contributed by atoms with Crippen LogP contribution >= 0.6 is 27.5 Å². The minimum Gasteiger partial charge on any atom is -0.484 e. The molecule has 2 amide bonds. The fraction of sp³-hybridized carbons (Fsp3) is 0.333. The highest BCUT2D eigenvalue weighted by Gasteiger charge is 2.32. The van der Waals surface area contributed by atoms with Crippen LogP contribution in [0, 0.1) is 6.92 Å². The zero-order valence-corrected chi connectivity index (χ0v) is 23.3. The van der Waals surface area contributed by atoms with Crippen molar-refractivity contribution in [2.75, 3.05) is 6.61 Å². The minimum atomic E-state index is -0.690. The van der Waals surface area contributed by atoms with E-state index < -0.39 is 6.04 Å². The van der Waals surface area contributed by atoms with Gasteiger partial charge in [0.2, 0.25) is 5.91 Å². The fourth-order valence-corrected chi connectivity index (χ4v) is 5.15. The summed E-state index contributed by atoms with van der Waals surface area (Å²) >= 11 is 9.74. The molecular weight excluding hydrogens is 552 g/mol. The Morgan fingerprint density at radius 2 is 1.76 bits per heavy atom. The van der Waals surface area contributed by atoms with Crippen molar-refractivity contribution in [2.45, 2.75) is 57.7 Å². The van der Waals surface area contributed by atoms with E-state index in [-0.39, 0.29) is 31.0 Å². The van der Waals surface area contributed by atoms with Gasteiger partial charge >= 0.3 is 0 Å². The van der Waals surface area contributed by atoms with E-state index >= 15 is 0 Å². The molecule has 3 aromatic rings. The number of carbonyl (C=O) groups excluding carboxylic acids is 2. The van der Waals surface area contributed by atoms with Gasteiger partial charge < -0.3 is 15.0 Å². The second-order valence-electron chi connectivity index (χ2n) is 9.55. The van der Waals surface area contributed by atoms with Crippen molar-refractivity contribution in [3.63, 3.8) is 0 Å². The third-order valence-corrected chi connectivity index (χ3v) is 7.83. The maximum absolute atomic E-state index is 13.7. The normalized spacial score (nSPS) is 14.2. The van der Waals surface area contributed by atoms with Gasteiger partial charge in [-0.05, 0) is 66.8 Å². The van der Waals surface area contributed by atoms with Crippen LogP contribution in [0.4, 0.5) is 0 Å². The lowest BCUT2D eigenvalue weighted by molar-refractivity contribution is -0.143. The molecular formula is C30H32BrClN2O3. The maximum atomic E-state index is 13.7. The number of halogens is 2. The summed E-state index contributed by atoms with van der Waals surface area (Å²) < 4.78 is 6.86. The molecule has 0 bridgehead atoms. The number of ether oxygens (including phenoxy) is 1. The molecule has 0 unspecified atom stereocenters. The van der Waals surface area contributed by atoms with Crippen molar-refractivity contribution >= 4 is 39.3 Å². The summed E-state index contributed by atoms with van der Waals surface area (Å²) in [6.07, 6.45) is 4.57. The van der Waals surface area contributed by atoms with E-state index in [9.17, 15) is 9.59 Å². The van der Waals surface area contributed by atoms with Crippen molar-refractivity contribution in [1.82, 2.24) is 10.2 Å². The zero-order valence-electron chi connectivity index (χ0n) is 21.0. The van der Waals surface area contributed by atoms with Crippen molar-refractivity contribution < 1.29 is 14.3 Å². The average Bonchev–Trinajstić information content (AvgIpc) is 3.40. The summed E-state index contributed by atoms with van der Waals surface area (Å²) in [5.74, 6) is 0.209. The van der Waals surface area contributed by atoms with E-state index in [1.807, 2.05) is 73.7 Å². The largest absolute Gasteiger partial charge is 0.484 e. The standard InChI is InChI=1S/C30H32BrClN2O3/c1-21-16-26(14-15-27(21)31)37-20-29(35)34(19-23-10-7-11-24(32)17-23)28(18-22-8-3-2-4-9-22)30(36)33-25-12-5-6-13-25/h2-4,7-11,14-17,25,28H,5-6,12-13,18-20H2,1H3,(H,33,36)/t28-/m0/s1. The molecule has 1 saturated carbocycles. The van der Waals surface area contributed by atoms with Gasteiger partial charge in [0.1, 0.15) is 11.8 Å². The van der Waals surface area contributed by atoms with Crippen molar-refractivity contribution in [3.05, 3.63) is 99.0 Å². The van der Waals surface area contributed by atoms with Gasteiger partial charge in [0, 0.05) is 28.5 Å². The molecule has 37 heavy (non-hydrogen) atoms. The number of hydrogen-bond donors (Lipinski definition) is 1. The molecule has 1 aliphatic rings. The lowest BCUT2D eigenvalue weighted by atomic mass is 10.0. The highest BCUT2D eigenvalue weighted by Crippen LogP contribution is 2.23. The molecule has 1 fully saturated rings. The maximum Gasteiger partial charge on any atom is 0.261 e. The number of carbonyl (C=O) groups is 2. The van der Waals surface area contributed by atoms with E-state index in [4.69, 9.17) is 16.3 Å². The molecule has 0 radical (unpaired) electrons. The van der Waals surface area contributed by atoms with E-state index in [2.05, 4.69) is 21.2 Å². The minimum absolute atomic E-state index is 0.134. The third-order valence-electron chi connectivity index (χ3n) is 6.71. The molecule has 7 heteroatoms. The van der Waals surface area contributed by atoms with Crippen molar-refractivity contribution in [3.8, 4) is 5.75 Å². The summed E-state index contributed by atoms with van der Waals surface area (Å²) in [7, 11) is 0. The Labute approximate surface area is 232 Å². The van der Waals surface area contributed by atoms with E-state index in [1.54, 1.807) is 11.0 Å². The number of amides is 2. The van der Waals surface area contributed by atoms with Crippen LogP contribution in [0.2, 0.25) is 5.02 Å². The first-order valence-corrected chi connectivity index (χ1v) is 13.8. The summed E-state index contributed by atoms with van der Waals surface area (Å²) in [4.78, 5) is 29.0. The lowest BCUT2D eigenvalue weighted by Crippen LogP contribution is -2.53. The Hall–Kier alpha value is -2.83. The molecule has 0 aromatic heterocycles. The van der Waals surface area contributed by atoms with Crippen LogP contribution < -0.4 is 10.1 Å². The second kappa shape index (κ2) is 13.1. The Balaban J connectivity index is 1.61. The van der Waals surface area contributed by atoms with Gasteiger partial charge in [-0.15, -0.1) is 0 Å². The quantitative estimate of drug-likeness (QED) is 0.297. The van der Waals surface area contributed by atoms with E-state index in [1.165, 1.54) is 0 Å². The van der Waals surface area contributed by atoms with E-state index in [0.29, 0.717) is 17.2 Å². The summed E-state index contributed by atoms with van der Waals surface area (Å²) in [6.45, 7) is 2.04. The molecule has 4 rings (SSSR count). The topological polar surface area (TPSA) is 58.6 Å². The number of hydrogen-bond acceptors (Lipinski definition) is 3. The molecule has 0 saturated heterocycles. The van der Waals surface area contributed by atoms with Gasteiger partial charge in [-0.1, -0.05) is 82.8 Å². The molecule has 1 atom stereocenters. The molecule has 194 valence electrons. The van der Waals surface area contributed by atoms with Crippen LogP contribution in [-0.4, -0.2) is 35.4 Å². The monoisotopic (exact) mass is 582 g/mol. The number of nitrogens with zero attached hydrogens (tertiary/aromatic N) is 1. The molecule has 0 spiro atoms. The van der Waals surface area contributed by atoms with Gasteiger partial charge in [0.05, 0.1) is 0 Å². The highest BCUT2D eigenvalue weighted by atomic mass is 79.9. The predicted octanol–water partition coefficient (Wildman–Crippen LogP) is 6.49. The fourth-order valence-electron chi connectivity index (χ4n) is 4.69. The number of aryl methyl sites for hydroxylation is 1. The van der Waals surface area contributed by atoms with Crippen LogP contribution in [0.5, 0.6) is 5.75 Å². The van der Waals surface area contributed by atoms with Crippen LogP contribution in [-0.2, 0) is 22.6 Å². The highest BCUT2D eigenvalue weighted by molar-refractivity contribution is 9.10. The van der Waals surface area contributed by atoms with Crippen LogP contribution in [0.1, 0.15) is 42.4 Å². The second-order valence-corrected chi connectivity index (χ2v) is 10.8. The number of benzene rings is 3. The van der Waals surface area contributed by atoms with Crippen LogP contribution in [0.25, 0.3) is 0 Å². The molecule has 5 nitrogen and oxygen atoms in total. The zero-order chi connectivity index (χ0) is 26.2. The molecule has 0 heterocycles. The van der Waals surface area contributed by atoms with Gasteiger partial charge in [-0.25, -0.2) is 0 Å². The summed E-state index contributed by atoms with van der Waals surface area (Å²) in [5, 5.41) is 3.80.